The molecule has 5 heteroatoms. The quantitative estimate of drug-likeness (QED) is 0.756. The lowest BCUT2D eigenvalue weighted by Crippen LogP contribution is -1.86. The molecule has 2 rings (SSSR count). The van der Waals surface area contributed by atoms with E-state index in [0.717, 1.165) is 0 Å². The monoisotopic (exact) mass is 214 g/mol. The molecular formula is C11H10N4O. The Balaban J connectivity index is 1.94. The number of H-pyrrole nitrogens is 2. The molecule has 80 valence electrons. The number of imidazole rings is 2. The van der Waals surface area contributed by atoms with Crippen LogP contribution in [0.4, 0.5) is 0 Å². The molecular weight excluding hydrogens is 204 g/mol. The summed E-state index contributed by atoms with van der Waals surface area (Å²) in [6.45, 7) is 0. The van der Waals surface area contributed by atoms with Crippen molar-refractivity contribution in [2.75, 3.05) is 0 Å². The second-order valence-corrected chi connectivity index (χ2v) is 3.02. The number of carbonyl (C=O) groups is 1. The van der Waals surface area contributed by atoms with Crippen LogP contribution in [0.5, 0.6) is 0 Å². The van der Waals surface area contributed by atoms with E-state index in [1.165, 1.54) is 12.2 Å². The fourth-order valence-electron chi connectivity index (χ4n) is 1.11. The third-order valence-corrected chi connectivity index (χ3v) is 1.85. The highest BCUT2D eigenvalue weighted by atomic mass is 16.1. The summed E-state index contributed by atoms with van der Waals surface area (Å²) in [6, 6.07) is 0. The second-order valence-electron chi connectivity index (χ2n) is 3.02. The number of hydrogen-bond donors (Lipinski definition) is 2. The number of rotatable bonds is 4. The first-order valence-corrected chi connectivity index (χ1v) is 4.73. The van der Waals surface area contributed by atoms with E-state index in [1.54, 1.807) is 36.9 Å². The molecule has 5 nitrogen and oxygen atoms in total. The third kappa shape index (κ3) is 2.78. The van der Waals surface area contributed by atoms with E-state index in [1.807, 2.05) is 0 Å². The summed E-state index contributed by atoms with van der Waals surface area (Å²) in [5.41, 5.74) is 0. The molecule has 0 fully saturated rings. The Bertz CT molecular complexity index is 448. The Morgan fingerprint density at radius 3 is 1.88 bits per heavy atom. The maximum Gasteiger partial charge on any atom is 0.178 e. The number of aromatic amines is 2. The summed E-state index contributed by atoms with van der Waals surface area (Å²) in [5, 5.41) is 0. The highest BCUT2D eigenvalue weighted by Crippen LogP contribution is 1.95. The number of nitrogens with one attached hydrogen (secondary N) is 2. The van der Waals surface area contributed by atoms with Crippen molar-refractivity contribution in [2.24, 2.45) is 0 Å². The molecule has 2 aromatic rings. The van der Waals surface area contributed by atoms with Gasteiger partial charge in [-0.3, -0.25) is 4.79 Å². The minimum Gasteiger partial charge on any atom is -0.345 e. The number of aromatic nitrogens is 4. The van der Waals surface area contributed by atoms with Gasteiger partial charge in [0.1, 0.15) is 11.6 Å². The zero-order valence-corrected chi connectivity index (χ0v) is 8.42. The van der Waals surface area contributed by atoms with Crippen LogP contribution in [0.25, 0.3) is 12.2 Å². The Morgan fingerprint density at radius 1 is 1.00 bits per heavy atom. The first kappa shape index (κ1) is 10.1. The van der Waals surface area contributed by atoms with Gasteiger partial charge in [0, 0.05) is 24.8 Å². The molecule has 0 bridgehead atoms. The van der Waals surface area contributed by atoms with Crippen molar-refractivity contribution in [1.29, 1.82) is 0 Å². The van der Waals surface area contributed by atoms with E-state index in [-0.39, 0.29) is 5.78 Å². The van der Waals surface area contributed by atoms with E-state index >= 15 is 0 Å². The van der Waals surface area contributed by atoms with Gasteiger partial charge in [0.25, 0.3) is 0 Å². The summed E-state index contributed by atoms with van der Waals surface area (Å²) >= 11 is 0. The van der Waals surface area contributed by atoms with Crippen LogP contribution in [0.2, 0.25) is 0 Å². The zero-order chi connectivity index (χ0) is 11.2. The number of hydrogen-bond acceptors (Lipinski definition) is 3. The number of ketones is 1. The molecule has 0 aliphatic rings. The van der Waals surface area contributed by atoms with E-state index in [9.17, 15) is 4.79 Å². The minimum absolute atomic E-state index is 0.118. The van der Waals surface area contributed by atoms with Gasteiger partial charge < -0.3 is 9.97 Å². The topological polar surface area (TPSA) is 74.4 Å². The van der Waals surface area contributed by atoms with Crippen molar-refractivity contribution < 1.29 is 4.79 Å². The van der Waals surface area contributed by atoms with Crippen molar-refractivity contribution in [3.63, 3.8) is 0 Å². The molecule has 16 heavy (non-hydrogen) atoms. The van der Waals surface area contributed by atoms with Crippen LogP contribution < -0.4 is 0 Å². The van der Waals surface area contributed by atoms with E-state index in [2.05, 4.69) is 19.9 Å². The summed E-state index contributed by atoms with van der Waals surface area (Å²) in [5.74, 6) is 1.19. The maximum absolute atomic E-state index is 11.4. The molecule has 0 aliphatic carbocycles. The van der Waals surface area contributed by atoms with Crippen LogP contribution >= 0.6 is 0 Å². The molecule has 0 aromatic carbocycles. The van der Waals surface area contributed by atoms with Crippen molar-refractivity contribution in [2.45, 2.75) is 0 Å². The SMILES string of the molecule is O=C(C=Cc1ncc[nH]1)C=Cc1ncc[nH]1. The molecule has 2 N–H and O–H groups in total. The number of allylic oxidation sites excluding steroid dienone is 2. The van der Waals surface area contributed by atoms with Crippen LogP contribution in [-0.2, 0) is 4.79 Å². The lowest BCUT2D eigenvalue weighted by atomic mass is 10.3. The van der Waals surface area contributed by atoms with Crippen LogP contribution in [0.1, 0.15) is 11.6 Å². The molecule has 0 spiro atoms. The van der Waals surface area contributed by atoms with Crippen LogP contribution in [0, 0.1) is 0 Å². The van der Waals surface area contributed by atoms with Crippen molar-refractivity contribution in [1.82, 2.24) is 19.9 Å². The largest absolute Gasteiger partial charge is 0.345 e. The van der Waals surface area contributed by atoms with Gasteiger partial charge in [-0.25, -0.2) is 9.97 Å². The van der Waals surface area contributed by atoms with Gasteiger partial charge in [0.2, 0.25) is 0 Å². The summed E-state index contributed by atoms with van der Waals surface area (Å²) in [7, 11) is 0. The Morgan fingerprint density at radius 2 is 1.50 bits per heavy atom. The number of nitrogens with zero attached hydrogens (tertiary/aromatic N) is 2. The molecule has 2 heterocycles. The van der Waals surface area contributed by atoms with E-state index in [4.69, 9.17) is 0 Å². The van der Waals surface area contributed by atoms with E-state index < -0.39 is 0 Å². The maximum atomic E-state index is 11.4. The van der Waals surface area contributed by atoms with Gasteiger partial charge >= 0.3 is 0 Å². The second kappa shape index (κ2) is 4.88. The predicted octanol–water partition coefficient (Wildman–Crippen LogP) is 1.43. The Kier molecular flexibility index (Phi) is 3.08. The average molecular weight is 214 g/mol. The summed E-state index contributed by atoms with van der Waals surface area (Å²) in [4.78, 5) is 25.0. The van der Waals surface area contributed by atoms with Crippen molar-refractivity contribution in [3.8, 4) is 0 Å². The standard InChI is InChI=1S/C11H10N4O/c16-9(1-3-10-12-5-6-13-10)2-4-11-14-7-8-15-11/h1-8H,(H,12,13)(H,14,15). The Hall–Kier alpha value is -2.43. The first-order valence-electron chi connectivity index (χ1n) is 4.73. The lowest BCUT2D eigenvalue weighted by Gasteiger charge is -1.84. The molecule has 0 aliphatic heterocycles. The minimum atomic E-state index is -0.118. The van der Waals surface area contributed by atoms with Crippen LogP contribution in [0.3, 0.4) is 0 Å². The van der Waals surface area contributed by atoms with Gasteiger partial charge in [-0.1, -0.05) is 0 Å². The fraction of sp³-hybridized carbons (Fsp3) is 0. The molecule has 0 radical (unpaired) electrons. The Labute approximate surface area is 92.0 Å². The molecule has 0 amide bonds. The lowest BCUT2D eigenvalue weighted by molar-refractivity contribution is -0.110. The summed E-state index contributed by atoms with van der Waals surface area (Å²) < 4.78 is 0. The average Bonchev–Trinajstić information content (AvgIpc) is 2.96. The predicted molar refractivity (Wildman–Crippen MR) is 60.3 cm³/mol. The van der Waals surface area contributed by atoms with Crippen molar-refractivity contribution in [3.05, 3.63) is 48.6 Å². The highest BCUT2D eigenvalue weighted by Gasteiger charge is 1.92. The fourth-order valence-corrected chi connectivity index (χ4v) is 1.11. The zero-order valence-electron chi connectivity index (χ0n) is 8.42. The summed E-state index contributed by atoms with van der Waals surface area (Å²) in [6.07, 6.45) is 12.8. The number of carbonyl (C=O) groups excluding carboxylic acids is 1. The van der Waals surface area contributed by atoms with Crippen molar-refractivity contribution >= 4 is 17.9 Å². The third-order valence-electron chi connectivity index (χ3n) is 1.85. The molecule has 0 unspecified atom stereocenters. The first-order chi connectivity index (χ1) is 7.84. The van der Waals surface area contributed by atoms with Gasteiger partial charge in [0.15, 0.2) is 5.78 Å². The van der Waals surface area contributed by atoms with E-state index in [0.29, 0.717) is 11.6 Å². The van der Waals surface area contributed by atoms with Gasteiger partial charge in [-0.2, -0.15) is 0 Å². The molecule has 0 atom stereocenters. The van der Waals surface area contributed by atoms with Crippen LogP contribution in [-0.4, -0.2) is 25.7 Å². The smallest absolute Gasteiger partial charge is 0.178 e. The van der Waals surface area contributed by atoms with Crippen LogP contribution in [0.15, 0.2) is 36.9 Å². The van der Waals surface area contributed by atoms with Gasteiger partial charge in [-0.05, 0) is 24.3 Å². The molecule has 0 saturated carbocycles. The van der Waals surface area contributed by atoms with Gasteiger partial charge in [0.05, 0.1) is 0 Å². The molecule has 2 aromatic heterocycles. The molecule has 0 saturated heterocycles. The highest BCUT2D eigenvalue weighted by molar-refractivity contribution is 6.04. The van der Waals surface area contributed by atoms with Gasteiger partial charge in [-0.15, -0.1) is 0 Å². The normalized spacial score (nSPS) is 11.5.